The van der Waals surface area contributed by atoms with Crippen molar-refractivity contribution in [1.29, 1.82) is 0 Å². The maximum atomic E-state index is 11.5. The summed E-state index contributed by atoms with van der Waals surface area (Å²) >= 11 is 1.19. The van der Waals surface area contributed by atoms with Crippen molar-refractivity contribution in [1.82, 2.24) is 15.3 Å². The highest BCUT2D eigenvalue weighted by Gasteiger charge is 2.12. The topological polar surface area (TPSA) is 101 Å². The van der Waals surface area contributed by atoms with E-state index < -0.39 is 5.91 Å². The van der Waals surface area contributed by atoms with Gasteiger partial charge in [-0.3, -0.25) is 9.59 Å². The fourth-order valence-corrected chi connectivity index (χ4v) is 1.82. The molecule has 7 heteroatoms. The molecule has 0 bridgehead atoms. The fourth-order valence-electron chi connectivity index (χ4n) is 1.25. The Bertz CT molecular complexity index is 405. The van der Waals surface area contributed by atoms with E-state index in [2.05, 4.69) is 15.3 Å². The molecule has 2 amide bonds. The molecule has 4 N–H and O–H groups in total. The van der Waals surface area contributed by atoms with Crippen LogP contribution >= 0.6 is 11.8 Å². The molecule has 0 aliphatic carbocycles. The minimum absolute atomic E-state index is 0.141. The molecule has 1 aromatic rings. The van der Waals surface area contributed by atoms with Crippen LogP contribution in [0.5, 0.6) is 0 Å². The number of hydrogen-bond donors (Lipinski definition) is 3. The number of aromatic amines is 1. The van der Waals surface area contributed by atoms with Gasteiger partial charge in [0.05, 0.1) is 17.5 Å². The summed E-state index contributed by atoms with van der Waals surface area (Å²) in [5.74, 6) is 0.528. The third-order valence-electron chi connectivity index (χ3n) is 1.99. The second-order valence-electron chi connectivity index (χ2n) is 3.70. The number of thioether (sulfide) groups is 1. The van der Waals surface area contributed by atoms with Gasteiger partial charge in [-0.05, 0) is 13.8 Å². The third-order valence-corrected chi connectivity index (χ3v) is 2.94. The zero-order chi connectivity index (χ0) is 12.8. The van der Waals surface area contributed by atoms with Gasteiger partial charge in [-0.1, -0.05) is 0 Å². The number of aryl methyl sites for hydroxylation is 1. The number of rotatable bonds is 6. The van der Waals surface area contributed by atoms with Gasteiger partial charge in [-0.25, -0.2) is 4.98 Å². The van der Waals surface area contributed by atoms with E-state index in [1.54, 1.807) is 6.20 Å². The number of nitrogens with one attached hydrogen (secondary N) is 2. The van der Waals surface area contributed by atoms with Gasteiger partial charge in [-0.15, -0.1) is 11.8 Å². The van der Waals surface area contributed by atoms with Crippen LogP contribution in [0.3, 0.4) is 0 Å². The van der Waals surface area contributed by atoms with Gasteiger partial charge in [0, 0.05) is 11.9 Å². The molecule has 6 nitrogen and oxygen atoms in total. The van der Waals surface area contributed by atoms with Crippen LogP contribution in [0.25, 0.3) is 0 Å². The molecule has 0 aliphatic rings. The summed E-state index contributed by atoms with van der Waals surface area (Å²) in [5.41, 5.74) is 5.92. The molecule has 1 atom stereocenters. The quantitative estimate of drug-likeness (QED) is 0.672. The minimum Gasteiger partial charge on any atom is -0.369 e. The molecule has 0 saturated carbocycles. The van der Waals surface area contributed by atoms with Crippen LogP contribution in [0.4, 0.5) is 0 Å². The van der Waals surface area contributed by atoms with Crippen molar-refractivity contribution in [3.05, 3.63) is 17.7 Å². The number of carbonyl (C=O) groups excluding carboxylic acids is 2. The molecule has 0 spiro atoms. The van der Waals surface area contributed by atoms with E-state index in [1.165, 1.54) is 11.8 Å². The Labute approximate surface area is 104 Å². The Morgan fingerprint density at radius 2 is 2.29 bits per heavy atom. The first-order valence-electron chi connectivity index (χ1n) is 5.16. The van der Waals surface area contributed by atoms with Gasteiger partial charge >= 0.3 is 0 Å². The maximum Gasteiger partial charge on any atom is 0.230 e. The van der Waals surface area contributed by atoms with Crippen molar-refractivity contribution < 1.29 is 9.59 Å². The highest BCUT2D eigenvalue weighted by atomic mass is 32.2. The minimum atomic E-state index is -0.419. The van der Waals surface area contributed by atoms with Crippen molar-refractivity contribution in [3.63, 3.8) is 0 Å². The van der Waals surface area contributed by atoms with Gasteiger partial charge in [-0.2, -0.15) is 0 Å². The van der Waals surface area contributed by atoms with Crippen LogP contribution in [-0.4, -0.2) is 33.3 Å². The van der Waals surface area contributed by atoms with Crippen molar-refractivity contribution >= 4 is 23.6 Å². The number of amides is 2. The smallest absolute Gasteiger partial charge is 0.230 e. The largest absolute Gasteiger partial charge is 0.369 e. The monoisotopic (exact) mass is 256 g/mol. The Morgan fingerprint density at radius 3 is 2.82 bits per heavy atom. The SMILES string of the molecule is Cc1cnc([C@H](C)NC(=O)CSCC(N)=O)[nH]1. The number of nitrogens with two attached hydrogens (primary N) is 1. The lowest BCUT2D eigenvalue weighted by Crippen LogP contribution is -2.29. The number of primary amides is 1. The van der Waals surface area contributed by atoms with Crippen LogP contribution < -0.4 is 11.1 Å². The number of aromatic nitrogens is 2. The van der Waals surface area contributed by atoms with Gasteiger partial charge < -0.3 is 16.0 Å². The first-order valence-corrected chi connectivity index (χ1v) is 6.31. The Kier molecular flexibility index (Phi) is 5.02. The zero-order valence-electron chi connectivity index (χ0n) is 9.82. The Morgan fingerprint density at radius 1 is 1.59 bits per heavy atom. The van der Waals surface area contributed by atoms with Gasteiger partial charge in [0.25, 0.3) is 0 Å². The van der Waals surface area contributed by atoms with E-state index in [-0.39, 0.29) is 23.5 Å². The van der Waals surface area contributed by atoms with Crippen LogP contribution in [0.1, 0.15) is 24.5 Å². The Hall–Kier alpha value is -1.50. The van der Waals surface area contributed by atoms with E-state index in [0.717, 1.165) is 11.5 Å². The number of H-pyrrole nitrogens is 1. The Balaban J connectivity index is 2.33. The average molecular weight is 256 g/mol. The molecule has 0 unspecified atom stereocenters. The lowest BCUT2D eigenvalue weighted by molar-refractivity contribution is -0.119. The normalized spacial score (nSPS) is 12.1. The average Bonchev–Trinajstić information content (AvgIpc) is 2.64. The summed E-state index contributed by atoms with van der Waals surface area (Å²) < 4.78 is 0. The molecule has 0 aliphatic heterocycles. The molecule has 1 aromatic heterocycles. The summed E-state index contributed by atoms with van der Waals surface area (Å²) in [6.07, 6.45) is 1.71. The van der Waals surface area contributed by atoms with E-state index in [9.17, 15) is 9.59 Å². The third kappa shape index (κ3) is 4.90. The van der Waals surface area contributed by atoms with E-state index in [4.69, 9.17) is 5.73 Å². The first kappa shape index (κ1) is 13.6. The standard InChI is InChI=1S/C10H16N4O2S/c1-6-3-12-10(13-6)7(2)14-9(16)5-17-4-8(11)15/h3,7H,4-5H2,1-2H3,(H2,11,15)(H,12,13)(H,14,16)/t7-/m0/s1. The molecule has 1 heterocycles. The number of imidazole rings is 1. The van der Waals surface area contributed by atoms with Gasteiger partial charge in [0.2, 0.25) is 11.8 Å². The van der Waals surface area contributed by atoms with Crippen molar-refractivity contribution in [3.8, 4) is 0 Å². The van der Waals surface area contributed by atoms with Crippen LogP contribution in [0.2, 0.25) is 0 Å². The van der Waals surface area contributed by atoms with Crippen LogP contribution in [0, 0.1) is 6.92 Å². The molecule has 94 valence electrons. The highest BCUT2D eigenvalue weighted by molar-refractivity contribution is 8.00. The predicted octanol–water partition coefficient (Wildman–Crippen LogP) is 0.114. The lowest BCUT2D eigenvalue weighted by atomic mass is 10.3. The maximum absolute atomic E-state index is 11.5. The second-order valence-corrected chi connectivity index (χ2v) is 4.69. The molecule has 1 rings (SSSR count). The van der Waals surface area contributed by atoms with Crippen LogP contribution in [-0.2, 0) is 9.59 Å². The van der Waals surface area contributed by atoms with E-state index in [0.29, 0.717) is 0 Å². The molecule has 0 aromatic carbocycles. The van der Waals surface area contributed by atoms with Crippen molar-refractivity contribution in [2.75, 3.05) is 11.5 Å². The molecule has 17 heavy (non-hydrogen) atoms. The molecule has 0 fully saturated rings. The molecule has 0 saturated heterocycles. The van der Waals surface area contributed by atoms with E-state index in [1.807, 2.05) is 13.8 Å². The van der Waals surface area contributed by atoms with Crippen molar-refractivity contribution in [2.45, 2.75) is 19.9 Å². The molecular formula is C10H16N4O2S. The second kappa shape index (κ2) is 6.29. The predicted molar refractivity (Wildman–Crippen MR) is 66.4 cm³/mol. The fraction of sp³-hybridized carbons (Fsp3) is 0.500. The highest BCUT2D eigenvalue weighted by Crippen LogP contribution is 2.08. The summed E-state index contributed by atoms with van der Waals surface area (Å²) in [6.45, 7) is 3.74. The summed E-state index contributed by atoms with van der Waals surface area (Å²) in [6, 6.07) is -0.176. The van der Waals surface area contributed by atoms with Gasteiger partial charge in [0.1, 0.15) is 5.82 Å². The number of nitrogens with zero attached hydrogens (tertiary/aromatic N) is 1. The first-order chi connectivity index (χ1) is 7.99. The molecule has 0 radical (unpaired) electrons. The number of carbonyl (C=O) groups is 2. The zero-order valence-corrected chi connectivity index (χ0v) is 10.6. The van der Waals surface area contributed by atoms with Crippen LogP contribution in [0.15, 0.2) is 6.20 Å². The number of hydrogen-bond acceptors (Lipinski definition) is 4. The van der Waals surface area contributed by atoms with E-state index >= 15 is 0 Å². The summed E-state index contributed by atoms with van der Waals surface area (Å²) in [5, 5.41) is 2.78. The van der Waals surface area contributed by atoms with Gasteiger partial charge in [0.15, 0.2) is 0 Å². The summed E-state index contributed by atoms with van der Waals surface area (Å²) in [7, 11) is 0. The summed E-state index contributed by atoms with van der Waals surface area (Å²) in [4.78, 5) is 29.1. The van der Waals surface area contributed by atoms with Crippen molar-refractivity contribution in [2.24, 2.45) is 5.73 Å². The lowest BCUT2D eigenvalue weighted by Gasteiger charge is -2.10. The molecular weight excluding hydrogens is 240 g/mol.